The molecule has 2 fully saturated rings. The molecule has 6 heterocycles. The molecule has 2 aliphatic rings. The Morgan fingerprint density at radius 2 is 1.95 bits per heavy atom. The van der Waals surface area contributed by atoms with Gasteiger partial charge < -0.3 is 15.0 Å². The Morgan fingerprint density at radius 1 is 1.12 bits per heavy atom. The van der Waals surface area contributed by atoms with Crippen molar-refractivity contribution in [2.45, 2.75) is 50.6 Å². The molecule has 43 heavy (non-hydrogen) atoms. The zero-order chi connectivity index (χ0) is 29.4. The largest absolute Gasteiger partial charge is 0.492 e. The SMILES string of the molecule is CCOc1cc(-c2ccc(N3CCC(Cc4ccccc4)(NC(=O)[C@H]4CCCN4C)CC3)nc2)c2c3cn[nH]c3nn2c1. The van der Waals surface area contributed by atoms with E-state index in [2.05, 4.69) is 73.9 Å². The van der Waals surface area contributed by atoms with Crippen LogP contribution in [0.3, 0.4) is 0 Å². The Bertz CT molecular complexity index is 1720. The summed E-state index contributed by atoms with van der Waals surface area (Å²) in [4.78, 5) is 22.9. The minimum absolute atomic E-state index is 0.0355. The topological polar surface area (TPSA) is 104 Å². The Morgan fingerprint density at radius 3 is 2.67 bits per heavy atom. The van der Waals surface area contributed by atoms with E-state index in [1.54, 1.807) is 0 Å². The van der Waals surface area contributed by atoms with Gasteiger partial charge in [-0.05, 0) is 76.4 Å². The van der Waals surface area contributed by atoms with Crippen LogP contribution >= 0.6 is 0 Å². The molecule has 0 aliphatic carbocycles. The Hall–Kier alpha value is -4.44. The van der Waals surface area contributed by atoms with Gasteiger partial charge >= 0.3 is 0 Å². The highest BCUT2D eigenvalue weighted by Gasteiger charge is 2.39. The second-order valence-corrected chi connectivity index (χ2v) is 11.9. The summed E-state index contributed by atoms with van der Waals surface area (Å²) >= 11 is 0. The summed E-state index contributed by atoms with van der Waals surface area (Å²) in [5.74, 6) is 1.86. The number of benzene rings is 1. The Labute approximate surface area is 251 Å². The number of aromatic amines is 1. The molecule has 1 atom stereocenters. The smallest absolute Gasteiger partial charge is 0.237 e. The van der Waals surface area contributed by atoms with Gasteiger partial charge in [0.1, 0.15) is 11.6 Å². The molecule has 1 aromatic carbocycles. The van der Waals surface area contributed by atoms with Crippen LogP contribution < -0.4 is 15.0 Å². The summed E-state index contributed by atoms with van der Waals surface area (Å²) in [6, 6.07) is 16.8. The molecule has 7 rings (SSSR count). The highest BCUT2D eigenvalue weighted by molar-refractivity contribution is 6.00. The quantitative estimate of drug-likeness (QED) is 0.280. The molecule has 5 aromatic rings. The standard InChI is InChI=1S/C33H38N8O2/c1-3-43-25-18-26(30-27-21-35-37-31(27)38-41(30)22-25)24-11-12-29(34-20-24)40-16-13-33(14-17-40,19-23-8-5-4-6-9-23)36-32(42)28-10-7-15-39(28)2/h4-6,8-9,11-12,18,20-22,28H,3,7,10,13-17,19H2,1-2H3,(H,36,42)(H,37,38)/t28-/m1/s1. The number of pyridine rings is 2. The second-order valence-electron chi connectivity index (χ2n) is 11.9. The maximum Gasteiger partial charge on any atom is 0.237 e. The van der Waals surface area contributed by atoms with Gasteiger partial charge in [0.15, 0.2) is 5.65 Å². The van der Waals surface area contributed by atoms with E-state index in [9.17, 15) is 4.79 Å². The third kappa shape index (κ3) is 5.31. The third-order valence-corrected chi connectivity index (χ3v) is 9.11. The van der Waals surface area contributed by atoms with E-state index in [-0.39, 0.29) is 17.5 Å². The second kappa shape index (κ2) is 11.3. The molecule has 0 bridgehead atoms. The number of ether oxygens (including phenoxy) is 1. The van der Waals surface area contributed by atoms with Crippen molar-refractivity contribution in [2.24, 2.45) is 0 Å². The maximum atomic E-state index is 13.4. The number of hydrogen-bond donors (Lipinski definition) is 2. The number of carbonyl (C=O) groups is 1. The molecule has 10 nitrogen and oxygen atoms in total. The number of hydrogen-bond acceptors (Lipinski definition) is 7. The molecular weight excluding hydrogens is 540 g/mol. The van der Waals surface area contributed by atoms with Gasteiger partial charge in [-0.2, -0.15) is 5.10 Å². The zero-order valence-corrected chi connectivity index (χ0v) is 24.8. The van der Waals surface area contributed by atoms with Crippen molar-refractivity contribution in [1.82, 2.24) is 35.0 Å². The van der Waals surface area contributed by atoms with E-state index < -0.39 is 0 Å². The number of piperidine rings is 1. The molecular formula is C33H38N8O2. The van der Waals surface area contributed by atoms with E-state index >= 15 is 0 Å². The van der Waals surface area contributed by atoms with Crippen molar-refractivity contribution in [3.63, 3.8) is 0 Å². The van der Waals surface area contributed by atoms with Crippen molar-refractivity contribution >= 4 is 28.3 Å². The van der Waals surface area contributed by atoms with Gasteiger partial charge in [-0.15, -0.1) is 5.10 Å². The lowest BCUT2D eigenvalue weighted by Gasteiger charge is -2.44. The first-order chi connectivity index (χ1) is 21.0. The van der Waals surface area contributed by atoms with Gasteiger partial charge in [0.2, 0.25) is 5.91 Å². The van der Waals surface area contributed by atoms with E-state index in [1.165, 1.54) is 5.56 Å². The van der Waals surface area contributed by atoms with E-state index in [1.807, 2.05) is 42.2 Å². The molecule has 4 aromatic heterocycles. The van der Waals surface area contributed by atoms with Crippen LogP contribution in [0.2, 0.25) is 0 Å². The van der Waals surface area contributed by atoms with Gasteiger partial charge in [0.25, 0.3) is 0 Å². The fourth-order valence-electron chi connectivity index (χ4n) is 6.82. The van der Waals surface area contributed by atoms with E-state index in [0.717, 1.165) is 91.0 Å². The van der Waals surface area contributed by atoms with Gasteiger partial charge in [0.05, 0.1) is 35.9 Å². The predicted molar refractivity (Wildman–Crippen MR) is 167 cm³/mol. The summed E-state index contributed by atoms with van der Waals surface area (Å²) in [7, 11) is 2.06. The first kappa shape index (κ1) is 27.4. The van der Waals surface area contributed by atoms with Crippen LogP contribution in [0.4, 0.5) is 5.82 Å². The first-order valence-electron chi connectivity index (χ1n) is 15.3. The lowest BCUT2D eigenvalue weighted by molar-refractivity contribution is -0.127. The number of amides is 1. The van der Waals surface area contributed by atoms with Crippen LogP contribution in [-0.4, -0.2) is 80.5 Å². The van der Waals surface area contributed by atoms with Crippen LogP contribution in [0.5, 0.6) is 5.75 Å². The number of likely N-dealkylation sites (tertiary alicyclic amines) is 1. The molecule has 0 unspecified atom stereocenters. The zero-order valence-electron chi connectivity index (χ0n) is 24.8. The first-order valence-corrected chi connectivity index (χ1v) is 15.3. The van der Waals surface area contributed by atoms with E-state index in [0.29, 0.717) is 6.61 Å². The van der Waals surface area contributed by atoms with Crippen molar-refractivity contribution in [2.75, 3.05) is 38.2 Å². The van der Waals surface area contributed by atoms with Crippen LogP contribution in [0.25, 0.3) is 27.7 Å². The number of likely N-dealkylation sites (N-methyl/N-ethyl adjacent to an activating group) is 1. The number of rotatable bonds is 8. The molecule has 1 amide bonds. The molecule has 0 saturated carbocycles. The highest BCUT2D eigenvalue weighted by atomic mass is 16.5. The molecule has 0 radical (unpaired) electrons. The van der Waals surface area contributed by atoms with Gasteiger partial charge in [0, 0.05) is 36.0 Å². The van der Waals surface area contributed by atoms with Gasteiger partial charge in [-0.3, -0.25) is 14.8 Å². The monoisotopic (exact) mass is 578 g/mol. The predicted octanol–water partition coefficient (Wildman–Crippen LogP) is 4.46. The van der Waals surface area contributed by atoms with Crippen LogP contribution in [0.1, 0.15) is 38.2 Å². The minimum atomic E-state index is -0.276. The summed E-state index contributed by atoms with van der Waals surface area (Å²) in [5, 5.41) is 16.3. The number of aromatic nitrogens is 5. The molecule has 222 valence electrons. The van der Waals surface area contributed by atoms with E-state index in [4.69, 9.17) is 9.72 Å². The lowest BCUT2D eigenvalue weighted by Crippen LogP contribution is -2.59. The van der Waals surface area contributed by atoms with Gasteiger partial charge in [-0.25, -0.2) is 9.50 Å². The summed E-state index contributed by atoms with van der Waals surface area (Å²) < 4.78 is 7.70. The number of nitrogens with zero attached hydrogens (tertiary/aromatic N) is 6. The molecule has 10 heteroatoms. The Kier molecular flexibility index (Phi) is 7.22. The summed E-state index contributed by atoms with van der Waals surface area (Å²) in [6.07, 6.45) is 10.2. The van der Waals surface area contributed by atoms with Crippen LogP contribution in [-0.2, 0) is 11.2 Å². The molecule has 2 saturated heterocycles. The normalized spacial score (nSPS) is 18.8. The third-order valence-electron chi connectivity index (χ3n) is 9.11. The fraction of sp³-hybridized carbons (Fsp3) is 0.394. The molecule has 0 spiro atoms. The fourth-order valence-corrected chi connectivity index (χ4v) is 6.82. The number of H-pyrrole nitrogens is 1. The Balaban J connectivity index is 1.12. The maximum absolute atomic E-state index is 13.4. The highest BCUT2D eigenvalue weighted by Crippen LogP contribution is 2.34. The number of fused-ring (bicyclic) bond motifs is 3. The minimum Gasteiger partial charge on any atom is -0.492 e. The van der Waals surface area contributed by atoms with Crippen molar-refractivity contribution in [3.8, 4) is 16.9 Å². The number of anilines is 1. The van der Waals surface area contributed by atoms with Crippen molar-refractivity contribution in [3.05, 3.63) is 72.7 Å². The summed E-state index contributed by atoms with van der Waals surface area (Å²) in [5.41, 5.74) is 4.66. The lowest BCUT2D eigenvalue weighted by atomic mass is 9.81. The van der Waals surface area contributed by atoms with Crippen molar-refractivity contribution < 1.29 is 9.53 Å². The average molecular weight is 579 g/mol. The number of carbonyl (C=O) groups excluding carboxylic acids is 1. The molecule has 2 aliphatic heterocycles. The van der Waals surface area contributed by atoms with Gasteiger partial charge in [-0.1, -0.05) is 30.3 Å². The molecule has 2 N–H and O–H groups in total. The van der Waals surface area contributed by atoms with Crippen LogP contribution in [0, 0.1) is 0 Å². The van der Waals surface area contributed by atoms with Crippen molar-refractivity contribution in [1.29, 1.82) is 0 Å². The summed E-state index contributed by atoms with van der Waals surface area (Å²) in [6.45, 7) is 5.17. The number of nitrogens with one attached hydrogen (secondary N) is 2. The van der Waals surface area contributed by atoms with Crippen LogP contribution in [0.15, 0.2) is 67.1 Å². The average Bonchev–Trinajstić information content (AvgIpc) is 3.74.